The van der Waals surface area contributed by atoms with Gasteiger partial charge in [0.25, 0.3) is 5.91 Å². The third kappa shape index (κ3) is 1.16. The van der Waals surface area contributed by atoms with Crippen LogP contribution in [0.15, 0.2) is 5.10 Å². The van der Waals surface area contributed by atoms with Crippen LogP contribution in [0.2, 0.25) is 0 Å². The van der Waals surface area contributed by atoms with Crippen molar-refractivity contribution in [2.45, 2.75) is 12.5 Å². The van der Waals surface area contributed by atoms with Crippen molar-refractivity contribution in [3.05, 3.63) is 0 Å². The Hall–Kier alpha value is -1.10. The SMILES string of the molecule is NC(=O)C1=NN2CCNCC2C1. The van der Waals surface area contributed by atoms with Gasteiger partial charge in [-0.3, -0.25) is 9.80 Å². The molecule has 3 N–H and O–H groups in total. The van der Waals surface area contributed by atoms with Crippen LogP contribution >= 0.6 is 0 Å². The Morgan fingerprint density at radius 1 is 1.75 bits per heavy atom. The molecule has 0 aromatic heterocycles. The lowest BCUT2D eigenvalue weighted by Gasteiger charge is -2.28. The molecule has 0 aromatic carbocycles. The number of amides is 1. The summed E-state index contributed by atoms with van der Waals surface area (Å²) < 4.78 is 0. The van der Waals surface area contributed by atoms with E-state index in [-0.39, 0.29) is 5.91 Å². The zero-order chi connectivity index (χ0) is 8.55. The number of nitrogens with one attached hydrogen (secondary N) is 1. The maximum absolute atomic E-state index is 10.8. The van der Waals surface area contributed by atoms with Crippen molar-refractivity contribution >= 4 is 11.6 Å². The summed E-state index contributed by atoms with van der Waals surface area (Å²) in [5, 5.41) is 9.35. The van der Waals surface area contributed by atoms with Crippen LogP contribution in [0.4, 0.5) is 0 Å². The van der Waals surface area contributed by atoms with Crippen LogP contribution in [0.1, 0.15) is 6.42 Å². The molecule has 2 heterocycles. The Bertz CT molecular complexity index is 238. The first-order chi connectivity index (χ1) is 5.77. The van der Waals surface area contributed by atoms with E-state index in [2.05, 4.69) is 10.4 Å². The molecule has 2 aliphatic rings. The van der Waals surface area contributed by atoms with E-state index in [9.17, 15) is 4.79 Å². The fourth-order valence-corrected chi connectivity index (χ4v) is 1.63. The minimum Gasteiger partial charge on any atom is -0.364 e. The van der Waals surface area contributed by atoms with Crippen LogP contribution < -0.4 is 11.1 Å². The standard InChI is InChI=1S/C7H12N4O/c8-7(12)6-3-5-4-9-1-2-11(5)10-6/h5,9H,1-4H2,(H2,8,12). The van der Waals surface area contributed by atoms with Crippen molar-refractivity contribution < 1.29 is 4.79 Å². The highest BCUT2D eigenvalue weighted by Gasteiger charge is 2.30. The minimum atomic E-state index is -0.385. The summed E-state index contributed by atoms with van der Waals surface area (Å²) in [7, 11) is 0. The molecule has 0 saturated carbocycles. The summed E-state index contributed by atoms with van der Waals surface area (Å²) >= 11 is 0. The number of carbonyl (C=O) groups is 1. The average Bonchev–Trinajstić information content (AvgIpc) is 2.46. The van der Waals surface area contributed by atoms with Crippen LogP contribution in [0.25, 0.3) is 0 Å². The number of primary amides is 1. The van der Waals surface area contributed by atoms with Gasteiger partial charge in [0, 0.05) is 26.1 Å². The van der Waals surface area contributed by atoms with Crippen molar-refractivity contribution in [1.82, 2.24) is 10.3 Å². The van der Waals surface area contributed by atoms with Crippen molar-refractivity contribution in [3.63, 3.8) is 0 Å². The first-order valence-electron chi connectivity index (χ1n) is 4.12. The van der Waals surface area contributed by atoms with Gasteiger partial charge in [-0.15, -0.1) is 0 Å². The quantitative estimate of drug-likeness (QED) is 0.501. The second kappa shape index (κ2) is 2.75. The molecule has 1 atom stereocenters. The summed E-state index contributed by atoms with van der Waals surface area (Å²) in [4.78, 5) is 10.8. The van der Waals surface area contributed by atoms with Gasteiger partial charge in [-0.2, -0.15) is 5.10 Å². The van der Waals surface area contributed by atoms with Crippen molar-refractivity contribution in [2.24, 2.45) is 10.8 Å². The molecule has 0 spiro atoms. The van der Waals surface area contributed by atoms with Gasteiger partial charge >= 0.3 is 0 Å². The molecule has 0 radical (unpaired) electrons. The smallest absolute Gasteiger partial charge is 0.264 e. The van der Waals surface area contributed by atoms with E-state index in [0.29, 0.717) is 18.2 Å². The fraction of sp³-hybridized carbons (Fsp3) is 0.714. The zero-order valence-corrected chi connectivity index (χ0v) is 6.79. The molecule has 2 aliphatic heterocycles. The van der Waals surface area contributed by atoms with Crippen LogP contribution in [-0.4, -0.2) is 42.3 Å². The molecule has 1 fully saturated rings. The molecule has 5 nitrogen and oxygen atoms in total. The molecule has 0 bridgehead atoms. The highest BCUT2D eigenvalue weighted by Crippen LogP contribution is 2.15. The van der Waals surface area contributed by atoms with Crippen LogP contribution in [0.5, 0.6) is 0 Å². The van der Waals surface area contributed by atoms with E-state index < -0.39 is 0 Å². The lowest BCUT2D eigenvalue weighted by molar-refractivity contribution is -0.112. The monoisotopic (exact) mass is 168 g/mol. The number of fused-ring (bicyclic) bond motifs is 1. The Morgan fingerprint density at radius 3 is 3.25 bits per heavy atom. The Kier molecular flexibility index (Phi) is 1.73. The van der Waals surface area contributed by atoms with Gasteiger partial charge in [-0.1, -0.05) is 0 Å². The largest absolute Gasteiger partial charge is 0.364 e. The number of hydrogen-bond acceptors (Lipinski definition) is 4. The predicted molar refractivity (Wildman–Crippen MR) is 44.6 cm³/mol. The van der Waals surface area contributed by atoms with E-state index >= 15 is 0 Å². The molecule has 5 heteroatoms. The average molecular weight is 168 g/mol. The molecular formula is C7H12N4O. The minimum absolute atomic E-state index is 0.348. The Balaban J connectivity index is 2.09. The number of nitrogens with two attached hydrogens (primary N) is 1. The normalized spacial score (nSPS) is 28.2. The van der Waals surface area contributed by atoms with Crippen molar-refractivity contribution in [2.75, 3.05) is 19.6 Å². The summed E-state index contributed by atoms with van der Waals surface area (Å²) in [6.07, 6.45) is 0.697. The van der Waals surface area contributed by atoms with Crippen molar-refractivity contribution in [1.29, 1.82) is 0 Å². The van der Waals surface area contributed by atoms with Crippen LogP contribution in [0, 0.1) is 0 Å². The summed E-state index contributed by atoms with van der Waals surface area (Å²) in [5.41, 5.74) is 5.65. The topological polar surface area (TPSA) is 70.7 Å². The van der Waals surface area contributed by atoms with E-state index in [1.54, 1.807) is 0 Å². The second-order valence-electron chi connectivity index (χ2n) is 3.14. The third-order valence-corrected chi connectivity index (χ3v) is 2.28. The number of piperazine rings is 1. The molecule has 12 heavy (non-hydrogen) atoms. The number of nitrogens with zero attached hydrogens (tertiary/aromatic N) is 2. The number of hydrazone groups is 1. The van der Waals surface area contributed by atoms with Crippen LogP contribution in [-0.2, 0) is 4.79 Å². The Morgan fingerprint density at radius 2 is 2.58 bits per heavy atom. The lowest BCUT2D eigenvalue weighted by Crippen LogP contribution is -2.46. The maximum Gasteiger partial charge on any atom is 0.264 e. The predicted octanol–water partition coefficient (Wildman–Crippen LogP) is -1.49. The molecule has 1 unspecified atom stereocenters. The summed E-state index contributed by atoms with van der Waals surface area (Å²) in [6.45, 7) is 2.72. The van der Waals surface area contributed by atoms with E-state index in [4.69, 9.17) is 5.73 Å². The second-order valence-corrected chi connectivity index (χ2v) is 3.14. The van der Waals surface area contributed by atoms with Gasteiger partial charge in [0.15, 0.2) is 0 Å². The fourth-order valence-electron chi connectivity index (χ4n) is 1.63. The maximum atomic E-state index is 10.8. The number of hydrogen-bond donors (Lipinski definition) is 2. The van der Waals surface area contributed by atoms with Gasteiger partial charge in [0.1, 0.15) is 5.71 Å². The lowest BCUT2D eigenvalue weighted by atomic mass is 10.1. The number of carbonyl (C=O) groups excluding carboxylic acids is 1. The summed E-state index contributed by atoms with van der Waals surface area (Å²) in [5.74, 6) is -0.385. The van der Waals surface area contributed by atoms with Gasteiger partial charge in [-0.05, 0) is 0 Å². The van der Waals surface area contributed by atoms with Gasteiger partial charge < -0.3 is 11.1 Å². The Labute approximate surface area is 70.6 Å². The van der Waals surface area contributed by atoms with E-state index in [0.717, 1.165) is 19.6 Å². The first kappa shape index (κ1) is 7.54. The van der Waals surface area contributed by atoms with Crippen molar-refractivity contribution in [3.8, 4) is 0 Å². The number of rotatable bonds is 1. The van der Waals surface area contributed by atoms with E-state index in [1.807, 2.05) is 5.01 Å². The highest BCUT2D eigenvalue weighted by molar-refractivity contribution is 6.38. The van der Waals surface area contributed by atoms with Gasteiger partial charge in [-0.25, -0.2) is 0 Å². The molecular weight excluding hydrogens is 156 g/mol. The highest BCUT2D eigenvalue weighted by atomic mass is 16.1. The molecule has 2 rings (SSSR count). The van der Waals surface area contributed by atoms with Gasteiger partial charge in [0.05, 0.1) is 6.04 Å². The zero-order valence-electron chi connectivity index (χ0n) is 6.79. The van der Waals surface area contributed by atoms with E-state index in [1.165, 1.54) is 0 Å². The molecule has 1 saturated heterocycles. The first-order valence-corrected chi connectivity index (χ1v) is 4.12. The summed E-state index contributed by atoms with van der Waals surface area (Å²) in [6, 6.07) is 0.348. The van der Waals surface area contributed by atoms with Crippen LogP contribution in [0.3, 0.4) is 0 Å². The third-order valence-electron chi connectivity index (χ3n) is 2.28. The molecule has 66 valence electrons. The molecule has 0 aromatic rings. The van der Waals surface area contributed by atoms with Gasteiger partial charge in [0.2, 0.25) is 0 Å². The molecule has 1 amide bonds. The molecule has 0 aliphatic carbocycles.